The quantitative estimate of drug-likeness (QED) is 0.494. The van der Waals surface area contributed by atoms with E-state index in [0.29, 0.717) is 5.56 Å². The van der Waals surface area contributed by atoms with Gasteiger partial charge in [0.05, 0.1) is 11.1 Å². The monoisotopic (exact) mass is 384 g/mol. The van der Waals surface area contributed by atoms with Crippen molar-refractivity contribution < 1.29 is 13.2 Å². The highest BCUT2D eigenvalue weighted by molar-refractivity contribution is 5.94. The van der Waals surface area contributed by atoms with Crippen LogP contribution in [0.3, 0.4) is 0 Å². The number of aromatic nitrogens is 1. The number of alkyl halides is 3. The molecule has 1 saturated heterocycles. The van der Waals surface area contributed by atoms with Crippen LogP contribution in [0.4, 0.5) is 18.9 Å². The Morgan fingerprint density at radius 1 is 0.857 bits per heavy atom. The van der Waals surface area contributed by atoms with Gasteiger partial charge in [0, 0.05) is 29.9 Å². The molecule has 0 spiro atoms. The van der Waals surface area contributed by atoms with Crippen molar-refractivity contribution in [1.82, 2.24) is 4.98 Å². The Bertz CT molecular complexity index is 987. The largest absolute Gasteiger partial charge is 0.416 e. The first-order valence-electron chi connectivity index (χ1n) is 9.76. The van der Waals surface area contributed by atoms with Gasteiger partial charge in [-0.05, 0) is 55.2 Å². The van der Waals surface area contributed by atoms with Crippen LogP contribution in [0.2, 0.25) is 0 Å². The SMILES string of the molecule is Cc1cc(N2CCCCCC2)c2ccc(-c3cccc(C(F)(F)F)c3)cc2n1. The molecule has 0 unspecified atom stereocenters. The predicted octanol–water partition coefficient (Wildman–Crippen LogP) is 6.61. The third-order valence-electron chi connectivity index (χ3n) is 5.39. The van der Waals surface area contributed by atoms with Crippen molar-refractivity contribution >= 4 is 16.6 Å². The maximum atomic E-state index is 13.1. The van der Waals surface area contributed by atoms with Crippen molar-refractivity contribution in [3.05, 3.63) is 59.8 Å². The first kappa shape index (κ1) is 18.8. The highest BCUT2D eigenvalue weighted by Crippen LogP contribution is 2.35. The normalized spacial score (nSPS) is 15.6. The van der Waals surface area contributed by atoms with Crippen molar-refractivity contribution in [3.63, 3.8) is 0 Å². The van der Waals surface area contributed by atoms with E-state index in [1.54, 1.807) is 6.07 Å². The van der Waals surface area contributed by atoms with Crippen LogP contribution in [0.25, 0.3) is 22.0 Å². The van der Waals surface area contributed by atoms with Crippen molar-refractivity contribution in [2.75, 3.05) is 18.0 Å². The summed E-state index contributed by atoms with van der Waals surface area (Å²) in [5.41, 5.74) is 3.60. The van der Waals surface area contributed by atoms with E-state index in [1.807, 2.05) is 25.1 Å². The lowest BCUT2D eigenvalue weighted by Crippen LogP contribution is -2.24. The second-order valence-corrected chi connectivity index (χ2v) is 7.49. The molecule has 2 aromatic carbocycles. The second kappa shape index (κ2) is 7.46. The van der Waals surface area contributed by atoms with Gasteiger partial charge in [-0.15, -0.1) is 0 Å². The molecule has 1 aliphatic rings. The maximum absolute atomic E-state index is 13.1. The number of benzene rings is 2. The summed E-state index contributed by atoms with van der Waals surface area (Å²) < 4.78 is 39.2. The van der Waals surface area contributed by atoms with Gasteiger partial charge in [0.25, 0.3) is 0 Å². The van der Waals surface area contributed by atoms with Gasteiger partial charge >= 0.3 is 6.18 Å². The molecular formula is C23H23F3N2. The molecule has 1 aromatic heterocycles. The van der Waals surface area contributed by atoms with Gasteiger partial charge in [-0.3, -0.25) is 4.98 Å². The summed E-state index contributed by atoms with van der Waals surface area (Å²) in [5, 5.41) is 1.06. The fourth-order valence-corrected chi connectivity index (χ4v) is 3.97. The summed E-state index contributed by atoms with van der Waals surface area (Å²) in [6, 6.07) is 13.4. The van der Waals surface area contributed by atoms with E-state index in [-0.39, 0.29) is 0 Å². The fourth-order valence-electron chi connectivity index (χ4n) is 3.97. The van der Waals surface area contributed by atoms with Crippen molar-refractivity contribution in [2.45, 2.75) is 38.8 Å². The number of fused-ring (bicyclic) bond motifs is 1. The van der Waals surface area contributed by atoms with Crippen LogP contribution in [0.1, 0.15) is 36.9 Å². The van der Waals surface area contributed by atoms with E-state index in [0.717, 1.165) is 41.3 Å². The second-order valence-electron chi connectivity index (χ2n) is 7.49. The topological polar surface area (TPSA) is 16.1 Å². The molecule has 1 fully saturated rings. The molecule has 1 aliphatic heterocycles. The zero-order valence-corrected chi connectivity index (χ0v) is 15.9. The number of halogens is 3. The lowest BCUT2D eigenvalue weighted by molar-refractivity contribution is -0.137. The summed E-state index contributed by atoms with van der Waals surface area (Å²) in [6.45, 7) is 4.04. The lowest BCUT2D eigenvalue weighted by atomic mass is 10.0. The summed E-state index contributed by atoms with van der Waals surface area (Å²) in [5.74, 6) is 0. The molecular weight excluding hydrogens is 361 g/mol. The zero-order valence-electron chi connectivity index (χ0n) is 15.9. The van der Waals surface area contributed by atoms with Gasteiger partial charge in [0.15, 0.2) is 0 Å². The van der Waals surface area contributed by atoms with Gasteiger partial charge in [0.2, 0.25) is 0 Å². The molecule has 3 aromatic rings. The van der Waals surface area contributed by atoms with Gasteiger partial charge in [-0.2, -0.15) is 13.2 Å². The number of hydrogen-bond donors (Lipinski definition) is 0. The molecule has 2 nitrogen and oxygen atoms in total. The average molecular weight is 384 g/mol. The van der Waals surface area contributed by atoms with Gasteiger partial charge in [-0.25, -0.2) is 0 Å². The fraction of sp³-hybridized carbons (Fsp3) is 0.348. The number of pyridine rings is 1. The zero-order chi connectivity index (χ0) is 19.7. The maximum Gasteiger partial charge on any atom is 0.416 e. The Morgan fingerprint density at radius 2 is 1.57 bits per heavy atom. The molecule has 5 heteroatoms. The Kier molecular flexibility index (Phi) is 5.00. The smallest absolute Gasteiger partial charge is 0.371 e. The van der Waals surface area contributed by atoms with E-state index >= 15 is 0 Å². The van der Waals surface area contributed by atoms with E-state index in [9.17, 15) is 13.2 Å². The Morgan fingerprint density at radius 3 is 2.29 bits per heavy atom. The summed E-state index contributed by atoms with van der Waals surface area (Å²) in [4.78, 5) is 7.09. The first-order valence-corrected chi connectivity index (χ1v) is 9.76. The predicted molar refractivity (Wildman–Crippen MR) is 108 cm³/mol. The molecule has 0 bridgehead atoms. The van der Waals surface area contributed by atoms with E-state index in [4.69, 9.17) is 0 Å². The summed E-state index contributed by atoms with van der Waals surface area (Å²) >= 11 is 0. The number of nitrogens with zero attached hydrogens (tertiary/aromatic N) is 2. The minimum Gasteiger partial charge on any atom is -0.371 e. The number of hydrogen-bond acceptors (Lipinski definition) is 2. The highest BCUT2D eigenvalue weighted by Gasteiger charge is 2.30. The number of aryl methyl sites for hydroxylation is 1. The molecule has 0 saturated carbocycles. The first-order chi connectivity index (χ1) is 13.4. The molecule has 0 aliphatic carbocycles. The lowest BCUT2D eigenvalue weighted by Gasteiger charge is -2.24. The molecule has 0 N–H and O–H groups in total. The molecule has 0 amide bonds. The summed E-state index contributed by atoms with van der Waals surface area (Å²) in [6.07, 6.45) is 0.550. The van der Waals surface area contributed by atoms with Crippen LogP contribution in [0.15, 0.2) is 48.5 Å². The van der Waals surface area contributed by atoms with Crippen LogP contribution >= 0.6 is 0 Å². The standard InChI is InChI=1S/C23H23F3N2/c1-16-13-22(28-11-4-2-3-5-12-28)20-10-9-18(15-21(20)27-16)17-7-6-8-19(14-17)23(24,25)26/h6-10,13-15H,2-5,11-12H2,1H3. The van der Waals surface area contributed by atoms with E-state index in [2.05, 4.69) is 16.0 Å². The van der Waals surface area contributed by atoms with Crippen molar-refractivity contribution in [1.29, 1.82) is 0 Å². The highest BCUT2D eigenvalue weighted by atomic mass is 19.4. The van der Waals surface area contributed by atoms with Crippen molar-refractivity contribution in [2.24, 2.45) is 0 Å². The molecule has 28 heavy (non-hydrogen) atoms. The minimum atomic E-state index is -4.35. The van der Waals surface area contributed by atoms with E-state index < -0.39 is 11.7 Å². The van der Waals surface area contributed by atoms with Crippen LogP contribution in [-0.2, 0) is 6.18 Å². The van der Waals surface area contributed by atoms with Crippen LogP contribution in [0, 0.1) is 6.92 Å². The molecule has 0 atom stereocenters. The number of rotatable bonds is 2. The molecule has 146 valence electrons. The number of anilines is 1. The van der Waals surface area contributed by atoms with Crippen LogP contribution in [-0.4, -0.2) is 18.1 Å². The Hall–Kier alpha value is -2.56. The average Bonchev–Trinajstić information content (AvgIpc) is 2.95. The summed E-state index contributed by atoms with van der Waals surface area (Å²) in [7, 11) is 0. The molecule has 2 heterocycles. The van der Waals surface area contributed by atoms with Crippen molar-refractivity contribution in [3.8, 4) is 11.1 Å². The van der Waals surface area contributed by atoms with Crippen LogP contribution in [0.5, 0.6) is 0 Å². The van der Waals surface area contributed by atoms with Gasteiger partial charge < -0.3 is 4.90 Å². The third kappa shape index (κ3) is 3.84. The minimum absolute atomic E-state index is 0.552. The molecule has 0 radical (unpaired) electrons. The van der Waals surface area contributed by atoms with E-state index in [1.165, 1.54) is 43.5 Å². The van der Waals surface area contributed by atoms with Crippen LogP contribution < -0.4 is 4.90 Å². The van der Waals surface area contributed by atoms with Gasteiger partial charge in [-0.1, -0.05) is 37.1 Å². The van der Waals surface area contributed by atoms with Gasteiger partial charge in [0.1, 0.15) is 0 Å². The third-order valence-corrected chi connectivity index (χ3v) is 5.39. The Labute approximate surface area is 163 Å². The molecule has 4 rings (SSSR count). The Balaban J connectivity index is 1.78.